The summed E-state index contributed by atoms with van der Waals surface area (Å²) in [6.45, 7) is 0. The minimum absolute atomic E-state index is 0.128. The Morgan fingerprint density at radius 1 is 1.16 bits per heavy atom. The Balaban J connectivity index is 2.15. The van der Waals surface area contributed by atoms with Crippen molar-refractivity contribution in [2.45, 2.75) is 11.2 Å². The van der Waals surface area contributed by atoms with Crippen molar-refractivity contribution >= 4 is 31.9 Å². The minimum Gasteiger partial charge on any atom is -0.494 e. The van der Waals surface area contributed by atoms with Crippen LogP contribution in [0.25, 0.3) is 0 Å². The van der Waals surface area contributed by atoms with Crippen LogP contribution in [0.5, 0.6) is 5.75 Å². The standard InChI is InChI=1S/C15H13Br2FO/c1-19-15-9-11(4-7-14(15)18)13(17)8-10-2-5-12(16)6-3-10/h2-7,9,13H,8H2,1H3. The maximum Gasteiger partial charge on any atom is 0.165 e. The summed E-state index contributed by atoms with van der Waals surface area (Å²) in [4.78, 5) is 0.128. The first-order chi connectivity index (χ1) is 9.10. The number of methoxy groups -OCH3 is 1. The predicted molar refractivity (Wildman–Crippen MR) is 82.5 cm³/mol. The van der Waals surface area contributed by atoms with Crippen LogP contribution in [-0.4, -0.2) is 7.11 Å². The quantitative estimate of drug-likeness (QED) is 0.649. The summed E-state index contributed by atoms with van der Waals surface area (Å²) >= 11 is 7.05. The van der Waals surface area contributed by atoms with Gasteiger partial charge in [-0.3, -0.25) is 0 Å². The normalized spacial score (nSPS) is 12.2. The molecule has 0 saturated heterocycles. The third-order valence-electron chi connectivity index (χ3n) is 2.87. The lowest BCUT2D eigenvalue weighted by atomic mass is 10.0. The largest absolute Gasteiger partial charge is 0.494 e. The summed E-state index contributed by atoms with van der Waals surface area (Å²) in [6.07, 6.45) is 0.835. The molecule has 2 aromatic rings. The second kappa shape index (κ2) is 6.53. The fourth-order valence-corrected chi connectivity index (χ4v) is 2.74. The molecule has 0 heterocycles. The smallest absolute Gasteiger partial charge is 0.165 e. The van der Waals surface area contributed by atoms with Crippen LogP contribution in [0.1, 0.15) is 16.0 Å². The molecule has 19 heavy (non-hydrogen) atoms. The molecule has 0 fully saturated rings. The van der Waals surface area contributed by atoms with Gasteiger partial charge in [0.05, 0.1) is 7.11 Å². The van der Waals surface area contributed by atoms with Crippen LogP contribution < -0.4 is 4.74 Å². The van der Waals surface area contributed by atoms with Crippen molar-refractivity contribution in [3.8, 4) is 5.75 Å². The molecule has 0 radical (unpaired) electrons. The summed E-state index contributed by atoms with van der Waals surface area (Å²) < 4.78 is 19.4. The van der Waals surface area contributed by atoms with Crippen LogP contribution >= 0.6 is 31.9 Å². The average Bonchev–Trinajstić information content (AvgIpc) is 2.42. The lowest BCUT2D eigenvalue weighted by Gasteiger charge is -2.12. The molecule has 0 N–H and O–H groups in total. The molecule has 0 aliphatic rings. The van der Waals surface area contributed by atoms with E-state index in [2.05, 4.69) is 44.0 Å². The predicted octanol–water partition coefficient (Wildman–Crippen LogP) is 5.28. The highest BCUT2D eigenvalue weighted by Crippen LogP contribution is 2.31. The fourth-order valence-electron chi connectivity index (χ4n) is 1.82. The molecule has 100 valence electrons. The van der Waals surface area contributed by atoms with Gasteiger partial charge in [-0.2, -0.15) is 0 Å². The summed E-state index contributed by atoms with van der Waals surface area (Å²) in [5.41, 5.74) is 2.22. The van der Waals surface area contributed by atoms with E-state index in [0.717, 1.165) is 16.5 Å². The molecule has 0 saturated carbocycles. The first kappa shape index (κ1) is 14.5. The molecule has 0 bridgehead atoms. The molecule has 2 rings (SSSR count). The van der Waals surface area contributed by atoms with E-state index in [1.54, 1.807) is 12.1 Å². The molecule has 2 aromatic carbocycles. The maximum atomic E-state index is 13.4. The van der Waals surface area contributed by atoms with Gasteiger partial charge >= 0.3 is 0 Å². The summed E-state index contributed by atoms with van der Waals surface area (Å²) in [7, 11) is 1.47. The van der Waals surface area contributed by atoms with Crippen LogP contribution in [-0.2, 0) is 6.42 Å². The van der Waals surface area contributed by atoms with Crippen molar-refractivity contribution < 1.29 is 9.13 Å². The Kier molecular flexibility index (Phi) is 4.99. The van der Waals surface area contributed by atoms with Crippen molar-refractivity contribution in [3.05, 3.63) is 63.9 Å². The number of hydrogen-bond donors (Lipinski definition) is 0. The van der Waals surface area contributed by atoms with Crippen LogP contribution in [0.4, 0.5) is 4.39 Å². The monoisotopic (exact) mass is 386 g/mol. The van der Waals surface area contributed by atoms with Crippen molar-refractivity contribution in [2.75, 3.05) is 7.11 Å². The Hall–Kier alpha value is -0.870. The zero-order valence-electron chi connectivity index (χ0n) is 10.4. The molecule has 0 aromatic heterocycles. The lowest BCUT2D eigenvalue weighted by molar-refractivity contribution is 0.386. The summed E-state index contributed by atoms with van der Waals surface area (Å²) in [5, 5.41) is 0. The summed E-state index contributed by atoms with van der Waals surface area (Å²) in [6, 6.07) is 13.1. The molecule has 0 aliphatic heterocycles. The van der Waals surface area contributed by atoms with Gasteiger partial charge in [-0.05, 0) is 41.8 Å². The second-order valence-corrected chi connectivity index (χ2v) is 6.21. The van der Waals surface area contributed by atoms with Gasteiger partial charge in [0.15, 0.2) is 11.6 Å². The van der Waals surface area contributed by atoms with Gasteiger partial charge < -0.3 is 4.74 Å². The van der Waals surface area contributed by atoms with E-state index in [1.165, 1.54) is 18.7 Å². The van der Waals surface area contributed by atoms with Crippen molar-refractivity contribution in [3.63, 3.8) is 0 Å². The molecule has 1 atom stereocenters. The number of rotatable bonds is 4. The molecule has 0 amide bonds. The fraction of sp³-hybridized carbons (Fsp3) is 0.200. The van der Waals surface area contributed by atoms with Crippen molar-refractivity contribution in [1.29, 1.82) is 0 Å². The third-order valence-corrected chi connectivity index (χ3v) is 4.25. The zero-order valence-corrected chi connectivity index (χ0v) is 13.5. The van der Waals surface area contributed by atoms with Gasteiger partial charge in [0.2, 0.25) is 0 Å². The minimum atomic E-state index is -0.338. The van der Waals surface area contributed by atoms with Gasteiger partial charge in [0.1, 0.15) is 0 Å². The van der Waals surface area contributed by atoms with Crippen molar-refractivity contribution in [1.82, 2.24) is 0 Å². The molecular formula is C15H13Br2FO. The Morgan fingerprint density at radius 2 is 1.84 bits per heavy atom. The molecule has 4 heteroatoms. The molecule has 1 nitrogen and oxygen atoms in total. The van der Waals surface area contributed by atoms with Gasteiger partial charge in [-0.25, -0.2) is 4.39 Å². The molecule has 0 spiro atoms. The van der Waals surface area contributed by atoms with E-state index in [1.807, 2.05) is 12.1 Å². The van der Waals surface area contributed by atoms with Crippen LogP contribution in [0.2, 0.25) is 0 Å². The third kappa shape index (κ3) is 3.80. The molecule has 0 aliphatic carbocycles. The number of alkyl halides is 1. The van der Waals surface area contributed by atoms with E-state index in [4.69, 9.17) is 4.74 Å². The highest BCUT2D eigenvalue weighted by atomic mass is 79.9. The van der Waals surface area contributed by atoms with Gasteiger partial charge in [-0.1, -0.05) is 50.1 Å². The number of benzene rings is 2. The van der Waals surface area contributed by atoms with Gasteiger partial charge in [0, 0.05) is 9.30 Å². The number of ether oxygens (including phenoxy) is 1. The molecular weight excluding hydrogens is 375 g/mol. The first-order valence-electron chi connectivity index (χ1n) is 5.82. The maximum absolute atomic E-state index is 13.4. The Bertz CT molecular complexity index is 555. The Morgan fingerprint density at radius 3 is 2.47 bits per heavy atom. The first-order valence-corrected chi connectivity index (χ1v) is 7.53. The van der Waals surface area contributed by atoms with Crippen LogP contribution in [0.15, 0.2) is 46.9 Å². The van der Waals surface area contributed by atoms with Crippen molar-refractivity contribution in [2.24, 2.45) is 0 Å². The highest BCUT2D eigenvalue weighted by Gasteiger charge is 2.11. The van der Waals surface area contributed by atoms with Crippen LogP contribution in [0, 0.1) is 5.82 Å². The van der Waals surface area contributed by atoms with E-state index >= 15 is 0 Å². The van der Waals surface area contributed by atoms with Gasteiger partial charge in [0.25, 0.3) is 0 Å². The van der Waals surface area contributed by atoms with E-state index in [-0.39, 0.29) is 16.4 Å². The SMILES string of the molecule is COc1cc(C(Br)Cc2ccc(Br)cc2)ccc1F. The molecule has 1 unspecified atom stereocenters. The zero-order chi connectivity index (χ0) is 13.8. The average molecular weight is 388 g/mol. The topological polar surface area (TPSA) is 9.23 Å². The summed E-state index contributed by atoms with van der Waals surface area (Å²) in [5.74, 6) is -0.0626. The van der Waals surface area contributed by atoms with E-state index in [9.17, 15) is 4.39 Å². The highest BCUT2D eigenvalue weighted by molar-refractivity contribution is 9.10. The van der Waals surface area contributed by atoms with Gasteiger partial charge in [-0.15, -0.1) is 0 Å². The number of hydrogen-bond acceptors (Lipinski definition) is 1. The number of halogens is 3. The Labute approximate surface area is 129 Å². The second-order valence-electron chi connectivity index (χ2n) is 4.19. The van der Waals surface area contributed by atoms with E-state index < -0.39 is 0 Å². The van der Waals surface area contributed by atoms with E-state index in [0.29, 0.717) is 0 Å². The van der Waals surface area contributed by atoms with Crippen LogP contribution in [0.3, 0.4) is 0 Å². The lowest BCUT2D eigenvalue weighted by Crippen LogP contribution is -1.97.